The van der Waals surface area contributed by atoms with Crippen molar-refractivity contribution in [1.29, 1.82) is 0 Å². The van der Waals surface area contributed by atoms with E-state index in [4.69, 9.17) is 0 Å². The highest BCUT2D eigenvalue weighted by Gasteiger charge is 2.32. The van der Waals surface area contributed by atoms with Crippen LogP contribution in [0.15, 0.2) is 41.3 Å². The molecule has 2 N–H and O–H groups in total. The van der Waals surface area contributed by atoms with E-state index in [2.05, 4.69) is 15.6 Å². The van der Waals surface area contributed by atoms with Crippen LogP contribution in [0.1, 0.15) is 43.6 Å². The number of hydrogen-bond donors (Lipinski definition) is 2. The number of Topliss-reactive ketones (excluding diaryl/α,β-unsaturated/α-hetero) is 1. The van der Waals surface area contributed by atoms with Gasteiger partial charge in [0.05, 0.1) is 12.2 Å². The van der Waals surface area contributed by atoms with Gasteiger partial charge in [0.15, 0.2) is 0 Å². The van der Waals surface area contributed by atoms with Crippen molar-refractivity contribution in [2.24, 2.45) is 0 Å². The van der Waals surface area contributed by atoms with E-state index in [9.17, 15) is 24.0 Å². The fourth-order valence-electron chi connectivity index (χ4n) is 3.58. The molecule has 0 radical (unpaired) electrons. The van der Waals surface area contributed by atoms with Gasteiger partial charge in [-0.1, -0.05) is 30.3 Å². The zero-order valence-corrected chi connectivity index (χ0v) is 17.2. The molecule has 1 aromatic heterocycles. The Morgan fingerprint density at radius 1 is 1.26 bits per heavy atom. The van der Waals surface area contributed by atoms with Crippen molar-refractivity contribution in [3.05, 3.63) is 58.3 Å². The number of nitrogens with one attached hydrogen (secondary N) is 2. The molecule has 9 heteroatoms. The van der Waals surface area contributed by atoms with Gasteiger partial charge < -0.3 is 15.4 Å². The summed E-state index contributed by atoms with van der Waals surface area (Å²) in [5.74, 6) is -0.663. The van der Waals surface area contributed by atoms with Crippen LogP contribution in [0.2, 0.25) is 0 Å². The standard InChI is InChI=1S/C22H24N4O5/c1-14(28)11-16(13-27)24-21(30)18-8-9-19-23-12-17(22(31)26(18)19)25-20(29)10-7-15-5-3-2-4-6-15/h2-6,12-13,16,18H,7-11H2,1H3,(H,24,30)(H,25,29). The van der Waals surface area contributed by atoms with Crippen LogP contribution >= 0.6 is 0 Å². The highest BCUT2D eigenvalue weighted by atomic mass is 16.2. The van der Waals surface area contributed by atoms with Crippen molar-refractivity contribution < 1.29 is 19.2 Å². The number of ketones is 1. The van der Waals surface area contributed by atoms with Gasteiger partial charge in [0, 0.05) is 19.3 Å². The number of carbonyl (C=O) groups is 4. The first-order valence-corrected chi connectivity index (χ1v) is 10.1. The lowest BCUT2D eigenvalue weighted by atomic mass is 10.1. The molecule has 2 aromatic rings. The minimum absolute atomic E-state index is 0.00261. The molecule has 0 aliphatic carbocycles. The molecule has 2 atom stereocenters. The largest absolute Gasteiger partial charge is 0.344 e. The molecule has 2 amide bonds. The van der Waals surface area contributed by atoms with Gasteiger partial charge in [-0.25, -0.2) is 4.98 Å². The molecule has 0 fully saturated rings. The summed E-state index contributed by atoms with van der Waals surface area (Å²) in [5.41, 5.74) is 0.482. The van der Waals surface area contributed by atoms with E-state index in [-0.39, 0.29) is 30.2 Å². The van der Waals surface area contributed by atoms with Crippen molar-refractivity contribution in [1.82, 2.24) is 14.9 Å². The molecule has 9 nitrogen and oxygen atoms in total. The maximum Gasteiger partial charge on any atom is 0.278 e. The summed E-state index contributed by atoms with van der Waals surface area (Å²) in [4.78, 5) is 64.5. The summed E-state index contributed by atoms with van der Waals surface area (Å²) in [7, 11) is 0. The molecule has 162 valence electrons. The number of aryl methyl sites for hydroxylation is 2. The van der Waals surface area contributed by atoms with Crippen LogP contribution < -0.4 is 16.2 Å². The number of benzene rings is 1. The molecular formula is C22H24N4O5. The zero-order valence-electron chi connectivity index (χ0n) is 17.2. The number of amides is 2. The lowest BCUT2D eigenvalue weighted by molar-refractivity contribution is -0.127. The topological polar surface area (TPSA) is 127 Å². The summed E-state index contributed by atoms with van der Waals surface area (Å²) >= 11 is 0. The molecule has 0 saturated carbocycles. The summed E-state index contributed by atoms with van der Waals surface area (Å²) in [6, 6.07) is 7.71. The van der Waals surface area contributed by atoms with Gasteiger partial charge in [-0.15, -0.1) is 0 Å². The second-order valence-corrected chi connectivity index (χ2v) is 7.51. The smallest absolute Gasteiger partial charge is 0.278 e. The monoisotopic (exact) mass is 424 g/mol. The van der Waals surface area contributed by atoms with Crippen molar-refractivity contribution in [2.45, 2.75) is 51.1 Å². The normalized spacial score (nSPS) is 15.6. The quantitative estimate of drug-likeness (QED) is 0.578. The van der Waals surface area contributed by atoms with E-state index in [1.807, 2.05) is 30.3 Å². The van der Waals surface area contributed by atoms with E-state index in [0.717, 1.165) is 5.56 Å². The molecule has 1 aromatic carbocycles. The van der Waals surface area contributed by atoms with Crippen LogP contribution in [0.3, 0.4) is 0 Å². The van der Waals surface area contributed by atoms with Gasteiger partial charge in [-0.3, -0.25) is 23.7 Å². The number of fused-ring (bicyclic) bond motifs is 1. The highest BCUT2D eigenvalue weighted by molar-refractivity contribution is 5.90. The molecule has 2 unspecified atom stereocenters. The third-order valence-electron chi connectivity index (χ3n) is 5.08. The maximum atomic E-state index is 12.9. The van der Waals surface area contributed by atoms with E-state index in [1.54, 1.807) is 0 Å². The third kappa shape index (κ3) is 5.50. The van der Waals surface area contributed by atoms with E-state index in [0.29, 0.717) is 31.4 Å². The van der Waals surface area contributed by atoms with Crippen molar-refractivity contribution >= 4 is 29.6 Å². The number of nitrogens with zero attached hydrogens (tertiary/aromatic N) is 2. The number of aldehydes is 1. The van der Waals surface area contributed by atoms with Crippen LogP contribution in [0.5, 0.6) is 0 Å². The van der Waals surface area contributed by atoms with E-state index < -0.39 is 23.6 Å². The first kappa shape index (κ1) is 22.1. The number of aromatic nitrogens is 2. The summed E-state index contributed by atoms with van der Waals surface area (Å²) < 4.78 is 1.25. The molecule has 2 heterocycles. The van der Waals surface area contributed by atoms with Gasteiger partial charge in [0.1, 0.15) is 29.6 Å². The first-order valence-electron chi connectivity index (χ1n) is 10.1. The Labute approximate surface area is 178 Å². The molecule has 0 bridgehead atoms. The highest BCUT2D eigenvalue weighted by Crippen LogP contribution is 2.23. The van der Waals surface area contributed by atoms with Crippen LogP contribution in [0.4, 0.5) is 5.69 Å². The zero-order chi connectivity index (χ0) is 22.4. The van der Waals surface area contributed by atoms with Gasteiger partial charge in [0.2, 0.25) is 11.8 Å². The van der Waals surface area contributed by atoms with Crippen molar-refractivity contribution in [2.75, 3.05) is 5.32 Å². The molecule has 0 saturated heterocycles. The Bertz CT molecular complexity index is 1050. The fourth-order valence-corrected chi connectivity index (χ4v) is 3.58. The van der Waals surface area contributed by atoms with E-state index >= 15 is 0 Å². The fraction of sp³-hybridized carbons (Fsp3) is 0.364. The summed E-state index contributed by atoms with van der Waals surface area (Å²) in [6.45, 7) is 1.33. The van der Waals surface area contributed by atoms with Gasteiger partial charge in [-0.05, 0) is 25.3 Å². The third-order valence-corrected chi connectivity index (χ3v) is 5.08. The van der Waals surface area contributed by atoms with Crippen LogP contribution in [-0.2, 0) is 32.0 Å². The Kier molecular flexibility index (Phi) is 7.07. The summed E-state index contributed by atoms with van der Waals surface area (Å²) in [5, 5.41) is 5.08. The molecular weight excluding hydrogens is 400 g/mol. The summed E-state index contributed by atoms with van der Waals surface area (Å²) in [6.07, 6.45) is 3.17. The van der Waals surface area contributed by atoms with Crippen LogP contribution in [0, 0.1) is 0 Å². The number of rotatable bonds is 9. The van der Waals surface area contributed by atoms with Crippen LogP contribution in [-0.4, -0.2) is 39.5 Å². The predicted octanol–water partition coefficient (Wildman–Crippen LogP) is 0.965. The molecule has 0 spiro atoms. The molecule has 31 heavy (non-hydrogen) atoms. The van der Waals surface area contributed by atoms with Crippen molar-refractivity contribution in [3.8, 4) is 0 Å². The second-order valence-electron chi connectivity index (χ2n) is 7.51. The maximum absolute atomic E-state index is 12.9. The number of anilines is 1. The van der Waals surface area contributed by atoms with Crippen molar-refractivity contribution in [3.63, 3.8) is 0 Å². The Morgan fingerprint density at radius 2 is 2.00 bits per heavy atom. The Balaban J connectivity index is 1.70. The average molecular weight is 424 g/mol. The Hall–Kier alpha value is -3.62. The molecule has 3 rings (SSSR count). The number of carbonyl (C=O) groups excluding carboxylic acids is 4. The van der Waals surface area contributed by atoms with Gasteiger partial charge in [0.25, 0.3) is 5.56 Å². The lowest BCUT2D eigenvalue weighted by Gasteiger charge is -2.18. The average Bonchev–Trinajstić information content (AvgIpc) is 3.19. The minimum Gasteiger partial charge on any atom is -0.344 e. The predicted molar refractivity (Wildman–Crippen MR) is 113 cm³/mol. The lowest BCUT2D eigenvalue weighted by Crippen LogP contribution is -2.43. The van der Waals surface area contributed by atoms with Gasteiger partial charge >= 0.3 is 0 Å². The first-order chi connectivity index (χ1) is 14.9. The second kappa shape index (κ2) is 9.92. The van der Waals surface area contributed by atoms with Crippen LogP contribution in [0.25, 0.3) is 0 Å². The number of hydrogen-bond acceptors (Lipinski definition) is 6. The minimum atomic E-state index is -0.946. The van der Waals surface area contributed by atoms with E-state index in [1.165, 1.54) is 17.7 Å². The SMILES string of the molecule is CC(=O)CC(C=O)NC(=O)C1CCc2ncc(NC(=O)CCc3ccccc3)c(=O)n21. The molecule has 1 aliphatic heterocycles. The molecule has 1 aliphatic rings. The Morgan fingerprint density at radius 3 is 2.68 bits per heavy atom. The van der Waals surface area contributed by atoms with Gasteiger partial charge in [-0.2, -0.15) is 0 Å².